The van der Waals surface area contributed by atoms with Gasteiger partial charge in [-0.2, -0.15) is 0 Å². The van der Waals surface area contributed by atoms with Crippen LogP contribution in [0.2, 0.25) is 0 Å². The Balaban J connectivity index is 1.38. The summed E-state index contributed by atoms with van der Waals surface area (Å²) >= 11 is 0. The summed E-state index contributed by atoms with van der Waals surface area (Å²) in [5.41, 5.74) is 4.25. The van der Waals surface area contributed by atoms with Crippen LogP contribution in [-0.4, -0.2) is 30.1 Å². The van der Waals surface area contributed by atoms with Gasteiger partial charge in [-0.25, -0.2) is 14.2 Å². The summed E-state index contributed by atoms with van der Waals surface area (Å²) in [6, 6.07) is 12.5. The number of pyridine rings is 1. The molecule has 0 spiro atoms. The molecule has 1 aliphatic heterocycles. The third-order valence-corrected chi connectivity index (χ3v) is 7.08. The molecule has 5 rings (SSSR count). The van der Waals surface area contributed by atoms with Gasteiger partial charge in [-0.15, -0.1) is 5.92 Å². The summed E-state index contributed by atoms with van der Waals surface area (Å²) in [7, 11) is 0. The van der Waals surface area contributed by atoms with Crippen molar-refractivity contribution in [2.75, 3.05) is 13.2 Å². The number of hydrogen-bond donors (Lipinski definition) is 0. The van der Waals surface area contributed by atoms with Crippen LogP contribution >= 0.6 is 0 Å². The van der Waals surface area contributed by atoms with Crippen LogP contribution < -0.4 is 9.47 Å². The molecular formula is C32H29FN2O4. The van der Waals surface area contributed by atoms with Crippen LogP contribution in [0, 0.1) is 24.2 Å². The van der Waals surface area contributed by atoms with Crippen molar-refractivity contribution in [3.8, 4) is 34.6 Å². The first-order valence-electron chi connectivity index (χ1n) is 13.1. The van der Waals surface area contributed by atoms with Gasteiger partial charge in [0.1, 0.15) is 29.6 Å². The summed E-state index contributed by atoms with van der Waals surface area (Å²) in [6.45, 7) is 12.1. The van der Waals surface area contributed by atoms with Crippen LogP contribution in [-0.2, 0) is 16.0 Å². The van der Waals surface area contributed by atoms with Gasteiger partial charge in [0.05, 0.1) is 25.7 Å². The zero-order valence-electron chi connectivity index (χ0n) is 22.0. The van der Waals surface area contributed by atoms with Crippen molar-refractivity contribution in [3.63, 3.8) is 0 Å². The smallest absolute Gasteiger partial charge is 0.247 e. The fourth-order valence-electron chi connectivity index (χ4n) is 5.24. The molecule has 1 aliphatic carbocycles. The number of aromatic nitrogens is 1. The van der Waals surface area contributed by atoms with Crippen LogP contribution in [0.3, 0.4) is 0 Å². The maximum absolute atomic E-state index is 15.1. The Labute approximate surface area is 227 Å². The van der Waals surface area contributed by atoms with Crippen molar-refractivity contribution >= 4 is 11.5 Å². The molecule has 7 heteroatoms. The van der Waals surface area contributed by atoms with Gasteiger partial charge in [-0.05, 0) is 73.2 Å². The third-order valence-electron chi connectivity index (χ3n) is 7.08. The monoisotopic (exact) mass is 524 g/mol. The minimum atomic E-state index is -0.437. The Morgan fingerprint density at radius 1 is 1.23 bits per heavy atom. The standard InChI is InChI=1S/C32H29FN2O4/c1-4-5-22(16-20(2)36)21-6-8-24(9-7-21)38-30-13-11-27-26(10-12-28(33)31(27)30)23-17-29(34-3)32(35-18-23)39-25-14-15-37-19-25/h6-10,12,17-18,22,25,30H,11,13-16,19H2,1-2H3/t22-,25+,30+/m0/s1. The Hall–Kier alpha value is -4.20. The number of rotatable bonds is 8. The molecule has 2 aliphatic rings. The minimum absolute atomic E-state index is 0.0845. The predicted octanol–water partition coefficient (Wildman–Crippen LogP) is 6.76. The van der Waals surface area contributed by atoms with Crippen molar-refractivity contribution in [2.24, 2.45) is 0 Å². The second-order valence-corrected chi connectivity index (χ2v) is 9.82. The maximum atomic E-state index is 15.1. The summed E-state index contributed by atoms with van der Waals surface area (Å²) in [6.07, 6.45) is 3.53. The SMILES string of the molecule is [C-]#[N+]c1cc(-c2ccc(F)c3c2CC[C@H]3Oc2ccc([C@@H](C#CC)CC(C)=O)cc2)cnc1O[C@@H]1CCOC1. The molecule has 0 N–H and O–H groups in total. The van der Waals surface area contributed by atoms with Crippen molar-refractivity contribution in [3.05, 3.63) is 82.6 Å². The van der Waals surface area contributed by atoms with Gasteiger partial charge < -0.3 is 14.2 Å². The first-order chi connectivity index (χ1) is 19.0. The molecule has 198 valence electrons. The Bertz CT molecular complexity index is 1480. The first-order valence-corrected chi connectivity index (χ1v) is 13.1. The number of halogens is 1. The van der Waals surface area contributed by atoms with Crippen molar-refractivity contribution < 1.29 is 23.4 Å². The Morgan fingerprint density at radius 3 is 2.74 bits per heavy atom. The van der Waals surface area contributed by atoms with Crippen LogP contribution in [0.5, 0.6) is 11.6 Å². The van der Waals surface area contributed by atoms with E-state index in [2.05, 4.69) is 21.7 Å². The van der Waals surface area contributed by atoms with E-state index in [9.17, 15) is 4.79 Å². The molecule has 3 atom stereocenters. The average Bonchev–Trinajstić information content (AvgIpc) is 3.60. The van der Waals surface area contributed by atoms with Gasteiger partial charge in [0.25, 0.3) is 0 Å². The van der Waals surface area contributed by atoms with Gasteiger partial charge in [0.15, 0.2) is 0 Å². The highest BCUT2D eigenvalue weighted by Gasteiger charge is 2.31. The van der Waals surface area contributed by atoms with Gasteiger partial charge >= 0.3 is 0 Å². The van der Waals surface area contributed by atoms with Gasteiger partial charge in [-0.3, -0.25) is 4.79 Å². The predicted molar refractivity (Wildman–Crippen MR) is 145 cm³/mol. The first kappa shape index (κ1) is 26.4. The van der Waals surface area contributed by atoms with Crippen molar-refractivity contribution in [2.45, 2.75) is 57.7 Å². The van der Waals surface area contributed by atoms with E-state index in [1.54, 1.807) is 32.2 Å². The summed E-state index contributed by atoms with van der Waals surface area (Å²) < 4.78 is 32.6. The summed E-state index contributed by atoms with van der Waals surface area (Å²) in [5, 5.41) is 0. The van der Waals surface area contributed by atoms with Gasteiger partial charge in [0, 0.05) is 24.6 Å². The average molecular weight is 525 g/mol. The molecule has 2 aromatic carbocycles. The Morgan fingerprint density at radius 2 is 2.05 bits per heavy atom. The number of ketones is 1. The van der Waals surface area contributed by atoms with Crippen LogP contribution in [0.1, 0.15) is 61.8 Å². The highest BCUT2D eigenvalue weighted by molar-refractivity contribution is 5.77. The zero-order valence-corrected chi connectivity index (χ0v) is 22.0. The number of hydrogen-bond acceptors (Lipinski definition) is 5. The number of nitrogens with zero attached hydrogens (tertiary/aromatic N) is 2. The quantitative estimate of drug-likeness (QED) is 0.241. The zero-order chi connectivity index (χ0) is 27.4. The largest absolute Gasteiger partial charge is 0.486 e. The fraction of sp³-hybridized carbons (Fsp3) is 0.344. The van der Waals surface area contributed by atoms with Crippen LogP contribution in [0.25, 0.3) is 16.0 Å². The maximum Gasteiger partial charge on any atom is 0.247 e. The second kappa shape index (κ2) is 11.7. The van der Waals surface area contributed by atoms with E-state index >= 15 is 4.39 Å². The normalized spacial score (nSPS) is 18.4. The molecule has 1 fully saturated rings. The highest BCUT2D eigenvalue weighted by atomic mass is 19.1. The number of carbonyl (C=O) groups is 1. The number of ether oxygens (including phenoxy) is 3. The van der Waals surface area contributed by atoms with E-state index in [0.29, 0.717) is 55.4 Å². The van der Waals surface area contributed by atoms with Crippen LogP contribution in [0.4, 0.5) is 10.1 Å². The molecule has 3 aromatic rings. The minimum Gasteiger partial charge on any atom is -0.486 e. The molecule has 0 unspecified atom stereocenters. The lowest BCUT2D eigenvalue weighted by molar-refractivity contribution is -0.117. The summed E-state index contributed by atoms with van der Waals surface area (Å²) in [4.78, 5) is 19.7. The molecular weight excluding hydrogens is 495 g/mol. The molecule has 1 aromatic heterocycles. The number of benzene rings is 2. The molecule has 1 saturated heterocycles. The van der Waals surface area contributed by atoms with E-state index in [1.165, 1.54) is 6.07 Å². The summed E-state index contributed by atoms with van der Waals surface area (Å²) in [5.74, 6) is 6.53. The van der Waals surface area contributed by atoms with E-state index in [0.717, 1.165) is 28.7 Å². The van der Waals surface area contributed by atoms with Crippen LogP contribution in [0.15, 0.2) is 48.7 Å². The molecule has 0 bridgehead atoms. The lowest BCUT2D eigenvalue weighted by Crippen LogP contribution is -2.16. The van der Waals surface area contributed by atoms with Gasteiger partial charge in [0.2, 0.25) is 11.6 Å². The molecule has 0 saturated carbocycles. The number of Topliss-reactive ketones (excluding diaryl/α,β-unsaturated/α-hetero) is 1. The van der Waals surface area contributed by atoms with Crippen molar-refractivity contribution in [1.29, 1.82) is 0 Å². The molecule has 0 amide bonds. The molecule has 39 heavy (non-hydrogen) atoms. The van der Waals surface area contributed by atoms with Gasteiger partial charge in [-0.1, -0.05) is 24.1 Å². The fourth-order valence-corrected chi connectivity index (χ4v) is 5.24. The lowest BCUT2D eigenvalue weighted by Gasteiger charge is -2.18. The highest BCUT2D eigenvalue weighted by Crippen LogP contribution is 2.43. The van der Waals surface area contributed by atoms with E-state index in [4.69, 9.17) is 20.8 Å². The number of carbonyl (C=O) groups excluding carboxylic acids is 1. The lowest BCUT2D eigenvalue weighted by atomic mass is 9.94. The molecule has 2 heterocycles. The Kier molecular flexibility index (Phi) is 7.91. The molecule has 6 nitrogen and oxygen atoms in total. The van der Waals surface area contributed by atoms with E-state index < -0.39 is 6.10 Å². The van der Waals surface area contributed by atoms with E-state index in [1.807, 2.05) is 24.3 Å². The van der Waals surface area contributed by atoms with Crippen molar-refractivity contribution in [1.82, 2.24) is 4.98 Å². The van der Waals surface area contributed by atoms with E-state index in [-0.39, 0.29) is 23.6 Å². The molecule has 0 radical (unpaired) electrons. The second-order valence-electron chi connectivity index (χ2n) is 9.82. The topological polar surface area (TPSA) is 62.0 Å². The number of fused-ring (bicyclic) bond motifs is 1. The third kappa shape index (κ3) is 5.79.